The molecule has 0 saturated heterocycles. The number of carbonyl (C=O) groups is 3. The summed E-state index contributed by atoms with van der Waals surface area (Å²) >= 11 is 1.20. The van der Waals surface area contributed by atoms with E-state index in [4.69, 9.17) is 0 Å². The van der Waals surface area contributed by atoms with Crippen LogP contribution in [0.25, 0.3) is 0 Å². The first-order chi connectivity index (χ1) is 15.8. The van der Waals surface area contributed by atoms with E-state index in [1.165, 1.54) is 28.6 Å². The van der Waals surface area contributed by atoms with E-state index in [9.17, 15) is 18.8 Å². The maximum atomic E-state index is 13.6. The summed E-state index contributed by atoms with van der Waals surface area (Å²) < 4.78 is 15.0. The number of thioether (sulfide) groups is 1. The van der Waals surface area contributed by atoms with Crippen molar-refractivity contribution in [3.63, 3.8) is 0 Å². The molecule has 0 aliphatic carbocycles. The molecule has 3 N–H and O–H groups in total. The van der Waals surface area contributed by atoms with Gasteiger partial charge in [-0.25, -0.2) is 9.07 Å². The van der Waals surface area contributed by atoms with Crippen LogP contribution in [0.2, 0.25) is 0 Å². The van der Waals surface area contributed by atoms with Gasteiger partial charge in [0.2, 0.25) is 11.1 Å². The van der Waals surface area contributed by atoms with Gasteiger partial charge >= 0.3 is 0 Å². The molecule has 0 aliphatic heterocycles. The van der Waals surface area contributed by atoms with E-state index in [-0.39, 0.29) is 36.2 Å². The Morgan fingerprint density at radius 1 is 1.00 bits per heavy atom. The predicted molar refractivity (Wildman–Crippen MR) is 120 cm³/mol. The molecule has 0 saturated carbocycles. The van der Waals surface area contributed by atoms with Crippen molar-refractivity contribution in [2.75, 3.05) is 24.2 Å². The summed E-state index contributed by atoms with van der Waals surface area (Å²) in [7, 11) is 1.68. The second kappa shape index (κ2) is 11.2. The topological polar surface area (TPSA) is 131 Å². The number of hydrogen-bond donors (Lipinski definition) is 3. The molecule has 3 aromatic rings. The Kier molecular flexibility index (Phi) is 8.08. The molecule has 1 heterocycles. The number of nitrogens with one attached hydrogen (secondary N) is 3. The third-order valence-corrected chi connectivity index (χ3v) is 5.49. The summed E-state index contributed by atoms with van der Waals surface area (Å²) in [4.78, 5) is 36.4. The molecule has 0 fully saturated rings. The van der Waals surface area contributed by atoms with E-state index in [1.54, 1.807) is 44.3 Å². The summed E-state index contributed by atoms with van der Waals surface area (Å²) in [6, 6.07) is 10.7. The second-order valence-corrected chi connectivity index (χ2v) is 7.92. The maximum absolute atomic E-state index is 13.6. The number of amides is 3. The van der Waals surface area contributed by atoms with Crippen LogP contribution in [0.1, 0.15) is 26.3 Å². The van der Waals surface area contributed by atoms with Crippen molar-refractivity contribution >= 4 is 35.2 Å². The highest BCUT2D eigenvalue weighted by Crippen LogP contribution is 2.14. The molecule has 3 rings (SSSR count). The third kappa shape index (κ3) is 6.84. The summed E-state index contributed by atoms with van der Waals surface area (Å²) in [5.41, 5.74) is 1.63. The van der Waals surface area contributed by atoms with Crippen LogP contribution < -0.4 is 16.0 Å². The number of benzene rings is 2. The van der Waals surface area contributed by atoms with E-state index in [1.807, 2.05) is 0 Å². The highest BCUT2D eigenvalue weighted by molar-refractivity contribution is 7.99. The van der Waals surface area contributed by atoms with Crippen molar-refractivity contribution in [2.45, 2.75) is 12.1 Å². The zero-order chi connectivity index (χ0) is 23.8. The zero-order valence-corrected chi connectivity index (χ0v) is 18.8. The number of anilines is 1. The Morgan fingerprint density at radius 2 is 1.64 bits per heavy atom. The van der Waals surface area contributed by atoms with Gasteiger partial charge in [0.1, 0.15) is 5.82 Å². The Morgan fingerprint density at radius 3 is 2.24 bits per heavy atom. The van der Waals surface area contributed by atoms with Gasteiger partial charge in [-0.1, -0.05) is 17.8 Å². The van der Waals surface area contributed by atoms with Crippen LogP contribution in [0.5, 0.6) is 0 Å². The van der Waals surface area contributed by atoms with Gasteiger partial charge in [-0.3, -0.25) is 14.4 Å². The average molecular weight is 472 g/mol. The molecule has 1 aromatic heterocycles. The van der Waals surface area contributed by atoms with E-state index in [0.717, 1.165) is 0 Å². The van der Waals surface area contributed by atoms with Gasteiger partial charge in [0, 0.05) is 37.0 Å². The van der Waals surface area contributed by atoms with Crippen LogP contribution in [0, 0.1) is 12.7 Å². The minimum absolute atomic E-state index is 0.136. The maximum Gasteiger partial charge on any atom is 0.251 e. The van der Waals surface area contributed by atoms with Crippen molar-refractivity contribution in [3.05, 3.63) is 65.0 Å². The third-order valence-electron chi connectivity index (χ3n) is 4.47. The fraction of sp³-hybridized carbons (Fsp3) is 0.238. The van der Waals surface area contributed by atoms with Crippen LogP contribution in [0.3, 0.4) is 0 Å². The van der Waals surface area contributed by atoms with Crippen molar-refractivity contribution < 1.29 is 18.8 Å². The van der Waals surface area contributed by atoms with E-state index in [0.29, 0.717) is 22.0 Å². The Hall–Kier alpha value is -3.80. The molecular weight excluding hydrogens is 449 g/mol. The normalized spacial score (nSPS) is 10.5. The van der Waals surface area contributed by atoms with Gasteiger partial charge in [-0.05, 0) is 59.3 Å². The molecule has 2 aromatic carbocycles. The van der Waals surface area contributed by atoms with Gasteiger partial charge in [-0.2, -0.15) is 0 Å². The number of nitrogens with zero attached hydrogens (tertiary/aromatic N) is 4. The molecule has 10 nitrogen and oxygen atoms in total. The number of carbonyl (C=O) groups excluding carboxylic acids is 3. The molecule has 0 bridgehead atoms. The first kappa shape index (κ1) is 23.9. The largest absolute Gasteiger partial charge is 0.350 e. The van der Waals surface area contributed by atoms with Crippen LogP contribution in [-0.4, -0.2) is 56.8 Å². The fourth-order valence-electron chi connectivity index (χ4n) is 2.67. The zero-order valence-electron chi connectivity index (χ0n) is 18.0. The SMILES string of the molecule is Cc1ccc(C(=O)NCCNC(=O)c2ccc(NC(=O)CSc3nnnn3C)cc2)cc1F. The molecular formula is C21H22FN7O3S. The molecule has 3 amide bonds. The number of aryl methyl sites for hydroxylation is 2. The minimum Gasteiger partial charge on any atom is -0.350 e. The summed E-state index contributed by atoms with van der Waals surface area (Å²) in [6.07, 6.45) is 0. The van der Waals surface area contributed by atoms with E-state index >= 15 is 0 Å². The molecule has 0 spiro atoms. The molecule has 0 atom stereocenters. The number of rotatable bonds is 9. The van der Waals surface area contributed by atoms with Gasteiger partial charge in [0.05, 0.1) is 5.75 Å². The minimum atomic E-state index is -0.447. The highest BCUT2D eigenvalue weighted by atomic mass is 32.2. The lowest BCUT2D eigenvalue weighted by Crippen LogP contribution is -2.34. The second-order valence-electron chi connectivity index (χ2n) is 6.98. The van der Waals surface area contributed by atoms with Crippen LogP contribution in [0.15, 0.2) is 47.6 Å². The fourth-order valence-corrected chi connectivity index (χ4v) is 3.32. The predicted octanol–water partition coefficient (Wildman–Crippen LogP) is 1.55. The number of halogens is 1. The first-order valence-electron chi connectivity index (χ1n) is 9.91. The Bertz CT molecular complexity index is 1150. The molecule has 0 aliphatic rings. The summed E-state index contributed by atoms with van der Waals surface area (Å²) in [5.74, 6) is -1.29. The van der Waals surface area contributed by atoms with Gasteiger partial charge in [0.25, 0.3) is 11.8 Å². The Balaban J connectivity index is 1.39. The van der Waals surface area contributed by atoms with Crippen LogP contribution >= 0.6 is 11.8 Å². The lowest BCUT2D eigenvalue weighted by atomic mass is 10.1. The van der Waals surface area contributed by atoms with Crippen molar-refractivity contribution in [3.8, 4) is 0 Å². The standard InChI is InChI=1S/C21H22FN7O3S/c1-13-3-4-15(11-17(13)22)20(32)24-10-9-23-19(31)14-5-7-16(8-6-14)25-18(30)12-33-21-26-27-28-29(21)2/h3-8,11H,9-10,12H2,1-2H3,(H,23,31)(H,24,32)(H,25,30). The van der Waals surface area contributed by atoms with E-state index < -0.39 is 11.7 Å². The molecule has 172 valence electrons. The van der Waals surface area contributed by atoms with Gasteiger partial charge < -0.3 is 16.0 Å². The number of tetrazole rings is 1. The van der Waals surface area contributed by atoms with Crippen LogP contribution in [-0.2, 0) is 11.8 Å². The number of hydrogen-bond acceptors (Lipinski definition) is 7. The molecule has 33 heavy (non-hydrogen) atoms. The number of aromatic nitrogens is 4. The molecule has 0 radical (unpaired) electrons. The van der Waals surface area contributed by atoms with Gasteiger partial charge in [-0.15, -0.1) is 5.10 Å². The van der Waals surface area contributed by atoms with Crippen molar-refractivity contribution in [1.82, 2.24) is 30.8 Å². The summed E-state index contributed by atoms with van der Waals surface area (Å²) in [6.45, 7) is 2.00. The van der Waals surface area contributed by atoms with Gasteiger partial charge in [0.15, 0.2) is 0 Å². The van der Waals surface area contributed by atoms with Crippen molar-refractivity contribution in [1.29, 1.82) is 0 Å². The van der Waals surface area contributed by atoms with Crippen LogP contribution in [0.4, 0.5) is 10.1 Å². The molecule has 12 heteroatoms. The van der Waals surface area contributed by atoms with Crippen molar-refractivity contribution in [2.24, 2.45) is 7.05 Å². The monoisotopic (exact) mass is 471 g/mol. The lowest BCUT2D eigenvalue weighted by molar-refractivity contribution is -0.113. The average Bonchev–Trinajstić information content (AvgIpc) is 3.22. The Labute approximate surface area is 193 Å². The van der Waals surface area contributed by atoms with E-state index in [2.05, 4.69) is 31.5 Å². The smallest absolute Gasteiger partial charge is 0.251 e. The lowest BCUT2D eigenvalue weighted by Gasteiger charge is -2.09. The molecule has 0 unspecified atom stereocenters. The summed E-state index contributed by atoms with van der Waals surface area (Å²) in [5, 5.41) is 19.6. The quantitative estimate of drug-likeness (QED) is 0.319. The highest BCUT2D eigenvalue weighted by Gasteiger charge is 2.10. The first-order valence-corrected chi connectivity index (χ1v) is 10.9.